The highest BCUT2D eigenvalue weighted by atomic mass is 16.6. The lowest BCUT2D eigenvalue weighted by molar-refractivity contribution is -0.133. The van der Waals surface area contributed by atoms with E-state index in [0.717, 1.165) is 51.0 Å². The highest BCUT2D eigenvalue weighted by molar-refractivity contribution is 5.94. The molecule has 6 rings (SSSR count). The molecule has 0 amide bonds. The maximum atomic E-state index is 11.9. The summed E-state index contributed by atoms with van der Waals surface area (Å²) in [6.45, 7) is 3.29. The minimum atomic E-state index is -0.720. The molecule has 0 N–H and O–H groups in total. The predicted octanol–water partition coefficient (Wildman–Crippen LogP) is 4.15. The van der Waals surface area contributed by atoms with Gasteiger partial charge in [-0.1, -0.05) is 60.7 Å². The number of nitrogens with zero attached hydrogens (tertiary/aromatic N) is 4. The van der Waals surface area contributed by atoms with Crippen LogP contribution in [-0.4, -0.2) is 63.8 Å². The quantitative estimate of drug-likeness (QED) is 0.223. The Bertz CT molecular complexity index is 1490. The van der Waals surface area contributed by atoms with E-state index in [-0.39, 0.29) is 24.0 Å². The first-order valence-corrected chi connectivity index (χ1v) is 13.7. The molecule has 0 aliphatic carbocycles. The number of fused-ring (bicyclic) bond motifs is 3. The summed E-state index contributed by atoms with van der Waals surface area (Å²) < 4.78 is 24.2. The lowest BCUT2D eigenvalue weighted by atomic mass is 10.00. The maximum absolute atomic E-state index is 11.9. The summed E-state index contributed by atoms with van der Waals surface area (Å²) in [5.41, 5.74) is 2.70. The van der Waals surface area contributed by atoms with Gasteiger partial charge < -0.3 is 23.8 Å². The van der Waals surface area contributed by atoms with Crippen LogP contribution in [0.3, 0.4) is 0 Å². The number of rotatable bonds is 9. The third-order valence-corrected chi connectivity index (χ3v) is 7.07. The van der Waals surface area contributed by atoms with Crippen LogP contribution in [0.5, 0.6) is 17.6 Å². The number of hydrogen-bond donors (Lipinski definition) is 0. The van der Waals surface area contributed by atoms with Gasteiger partial charge in [-0.3, -0.25) is 0 Å². The van der Waals surface area contributed by atoms with Gasteiger partial charge in [0.1, 0.15) is 6.10 Å². The van der Waals surface area contributed by atoms with Gasteiger partial charge in [0, 0.05) is 37.9 Å². The molecule has 10 heteroatoms. The zero-order chi connectivity index (χ0) is 28.0. The molecule has 1 saturated heterocycles. The van der Waals surface area contributed by atoms with Crippen molar-refractivity contribution in [2.45, 2.75) is 31.5 Å². The summed E-state index contributed by atoms with van der Waals surface area (Å²) in [7, 11) is 0. The Kier molecular flexibility index (Phi) is 8.01. The number of benzene rings is 2. The number of carbonyl (C=O) groups excluding carboxylic acids is 2. The molecule has 210 valence electrons. The van der Waals surface area contributed by atoms with Crippen molar-refractivity contribution in [2.75, 3.05) is 26.2 Å². The van der Waals surface area contributed by atoms with Crippen LogP contribution in [-0.2, 0) is 14.3 Å². The van der Waals surface area contributed by atoms with Crippen molar-refractivity contribution in [1.82, 2.24) is 19.5 Å². The Morgan fingerprint density at radius 1 is 0.854 bits per heavy atom. The molecular weight excluding hydrogens is 524 g/mol. The predicted molar refractivity (Wildman–Crippen MR) is 149 cm³/mol. The fourth-order valence-corrected chi connectivity index (χ4v) is 5.03. The fourth-order valence-electron chi connectivity index (χ4n) is 5.03. The highest BCUT2D eigenvalue weighted by Gasteiger charge is 2.25. The Hall–Kier alpha value is -4.54. The van der Waals surface area contributed by atoms with Gasteiger partial charge in [0.15, 0.2) is 5.65 Å². The summed E-state index contributed by atoms with van der Waals surface area (Å²) in [6.07, 6.45) is 4.86. The minimum Gasteiger partial charge on any atom is -0.477 e. The normalized spacial score (nSPS) is 17.0. The van der Waals surface area contributed by atoms with Gasteiger partial charge in [-0.15, -0.1) is 5.10 Å². The van der Waals surface area contributed by atoms with Crippen LogP contribution in [0.1, 0.15) is 36.5 Å². The average Bonchev–Trinajstić information content (AvgIpc) is 3.33. The summed E-state index contributed by atoms with van der Waals surface area (Å²) in [6, 6.07) is 24.1. The standard InChI is InChI=1S/C31H30N4O6/c36-27-14-15-28(37)41-31-30(40-27)32-25-12-13-26(33-35(25)31)38-21-7-18-34-19-16-24(17-20-34)39-29(22-8-3-1-4-9-22)23-10-5-2-6-11-23/h1-6,8-15,24,29H,7,16-21H2/b15-14+. The number of ether oxygens (including phenoxy) is 4. The second-order valence-electron chi connectivity index (χ2n) is 9.92. The van der Waals surface area contributed by atoms with Crippen LogP contribution in [0.25, 0.3) is 5.65 Å². The maximum Gasteiger partial charge on any atom is 0.337 e. The lowest BCUT2D eigenvalue weighted by Crippen LogP contribution is -2.38. The third kappa shape index (κ3) is 6.45. The number of esters is 2. The van der Waals surface area contributed by atoms with Crippen molar-refractivity contribution < 1.29 is 28.5 Å². The summed E-state index contributed by atoms with van der Waals surface area (Å²) in [4.78, 5) is 30.3. The smallest absolute Gasteiger partial charge is 0.337 e. The molecule has 0 unspecified atom stereocenters. The van der Waals surface area contributed by atoms with Crippen molar-refractivity contribution in [3.63, 3.8) is 0 Å². The SMILES string of the molecule is O=C1/C=C/C(=O)Oc2c(nc3ccc(OCCCN4CCC(OC(c5ccccc5)c5ccccc5)CC4)nn23)O1. The van der Waals surface area contributed by atoms with E-state index in [0.29, 0.717) is 18.1 Å². The number of carbonyl (C=O) groups is 2. The number of aromatic nitrogens is 3. The van der Waals surface area contributed by atoms with Gasteiger partial charge in [0.2, 0.25) is 5.88 Å². The molecule has 1 fully saturated rings. The second-order valence-corrected chi connectivity index (χ2v) is 9.92. The van der Waals surface area contributed by atoms with Gasteiger partial charge in [-0.05, 0) is 36.5 Å². The zero-order valence-electron chi connectivity index (χ0n) is 22.4. The highest BCUT2D eigenvalue weighted by Crippen LogP contribution is 2.31. The van der Waals surface area contributed by atoms with Gasteiger partial charge in [-0.25, -0.2) is 9.59 Å². The Morgan fingerprint density at radius 2 is 1.51 bits per heavy atom. The Morgan fingerprint density at radius 3 is 2.20 bits per heavy atom. The van der Waals surface area contributed by atoms with E-state index >= 15 is 0 Å². The van der Waals surface area contributed by atoms with Crippen molar-refractivity contribution in [3.8, 4) is 17.6 Å². The van der Waals surface area contributed by atoms with E-state index < -0.39 is 11.9 Å². The lowest BCUT2D eigenvalue weighted by Gasteiger charge is -2.34. The van der Waals surface area contributed by atoms with Crippen molar-refractivity contribution in [3.05, 3.63) is 96.1 Å². The van der Waals surface area contributed by atoms with E-state index in [9.17, 15) is 9.59 Å². The monoisotopic (exact) mass is 554 g/mol. The molecule has 2 aliphatic rings. The summed E-state index contributed by atoms with van der Waals surface area (Å²) >= 11 is 0. The third-order valence-electron chi connectivity index (χ3n) is 7.07. The molecule has 0 bridgehead atoms. The Balaban J connectivity index is 0.993. The van der Waals surface area contributed by atoms with Crippen molar-refractivity contribution in [2.24, 2.45) is 0 Å². The van der Waals surface area contributed by atoms with Crippen molar-refractivity contribution in [1.29, 1.82) is 0 Å². The van der Waals surface area contributed by atoms with Gasteiger partial charge in [0.25, 0.3) is 11.8 Å². The second kappa shape index (κ2) is 12.3. The van der Waals surface area contributed by atoms with Gasteiger partial charge >= 0.3 is 11.9 Å². The number of piperidine rings is 1. The minimum absolute atomic E-state index is 0.0694. The molecule has 0 atom stereocenters. The number of imidazole rings is 1. The molecule has 10 nitrogen and oxygen atoms in total. The van der Waals surface area contributed by atoms with Crippen LogP contribution in [0.15, 0.2) is 84.9 Å². The molecule has 0 radical (unpaired) electrons. The molecule has 41 heavy (non-hydrogen) atoms. The van der Waals surface area contributed by atoms with Crippen LogP contribution in [0.2, 0.25) is 0 Å². The number of hydrogen-bond acceptors (Lipinski definition) is 9. The molecule has 2 aliphatic heterocycles. The molecule has 2 aromatic heterocycles. The van der Waals surface area contributed by atoms with Crippen LogP contribution < -0.4 is 14.2 Å². The van der Waals surface area contributed by atoms with E-state index in [4.69, 9.17) is 18.9 Å². The average molecular weight is 555 g/mol. The summed E-state index contributed by atoms with van der Waals surface area (Å²) in [5, 5.41) is 4.36. The Labute approximate surface area is 237 Å². The molecule has 0 saturated carbocycles. The molecule has 2 aromatic carbocycles. The molecule has 0 spiro atoms. The van der Waals surface area contributed by atoms with Crippen LogP contribution in [0.4, 0.5) is 0 Å². The first-order valence-electron chi connectivity index (χ1n) is 13.7. The van der Waals surface area contributed by atoms with Gasteiger partial charge in [-0.2, -0.15) is 9.50 Å². The largest absolute Gasteiger partial charge is 0.477 e. The molecule has 4 aromatic rings. The van der Waals surface area contributed by atoms with E-state index in [1.807, 2.05) is 12.1 Å². The number of likely N-dealkylation sites (tertiary alicyclic amines) is 1. The zero-order valence-corrected chi connectivity index (χ0v) is 22.4. The topological polar surface area (TPSA) is 104 Å². The van der Waals surface area contributed by atoms with E-state index in [1.165, 1.54) is 15.6 Å². The van der Waals surface area contributed by atoms with Crippen molar-refractivity contribution >= 4 is 17.6 Å². The van der Waals surface area contributed by atoms with Gasteiger partial charge in [0.05, 0.1) is 12.7 Å². The first kappa shape index (κ1) is 26.7. The fraction of sp³-hybridized carbons (Fsp3) is 0.290. The molecular formula is C31H30N4O6. The molecule has 4 heterocycles. The van der Waals surface area contributed by atoms with E-state index in [1.54, 1.807) is 12.1 Å². The van der Waals surface area contributed by atoms with Crippen LogP contribution >= 0.6 is 0 Å². The summed E-state index contributed by atoms with van der Waals surface area (Å²) in [5.74, 6) is -1.28. The van der Waals surface area contributed by atoms with E-state index in [2.05, 4.69) is 63.5 Å². The first-order chi connectivity index (χ1) is 20.1. The van der Waals surface area contributed by atoms with Crippen LogP contribution in [0, 0.1) is 0 Å².